The van der Waals surface area contributed by atoms with Gasteiger partial charge < -0.3 is 14.3 Å². The SMILES string of the molecule is CON1[C@@H]2C(=O)CC[C@@]1(C)[C@@]1(C(=O)N(C(=O)OC(C)(C)C)c3ccccc31)[C@@H]2C(=O)OC(C)(C)C. The van der Waals surface area contributed by atoms with Gasteiger partial charge in [-0.25, -0.2) is 9.69 Å². The van der Waals surface area contributed by atoms with Crippen LogP contribution in [0.3, 0.4) is 0 Å². The number of hydrogen-bond acceptors (Lipinski definition) is 8. The van der Waals surface area contributed by atoms with Gasteiger partial charge in [-0.3, -0.25) is 14.4 Å². The Kier molecular flexibility index (Phi) is 5.69. The monoisotopic (exact) mass is 486 g/mol. The number of ether oxygens (including phenoxy) is 2. The summed E-state index contributed by atoms with van der Waals surface area (Å²) in [5.41, 5.74) is -3.60. The number of carbonyl (C=O) groups excluding carboxylic acids is 4. The lowest BCUT2D eigenvalue weighted by molar-refractivity contribution is -0.220. The van der Waals surface area contributed by atoms with Gasteiger partial charge in [0.15, 0.2) is 5.78 Å². The third-order valence-corrected chi connectivity index (χ3v) is 7.10. The predicted molar refractivity (Wildman–Crippen MR) is 126 cm³/mol. The van der Waals surface area contributed by atoms with Gasteiger partial charge in [-0.2, -0.15) is 5.06 Å². The van der Waals surface area contributed by atoms with Crippen LogP contribution in [0.5, 0.6) is 0 Å². The predicted octanol–water partition coefficient (Wildman–Crippen LogP) is 3.53. The molecule has 0 aliphatic carbocycles. The number of anilines is 1. The number of hydroxylamine groups is 2. The van der Waals surface area contributed by atoms with Gasteiger partial charge in [0.25, 0.3) is 0 Å². The molecule has 1 spiro atoms. The molecule has 0 saturated carbocycles. The van der Waals surface area contributed by atoms with E-state index in [1.165, 1.54) is 12.2 Å². The van der Waals surface area contributed by atoms with Crippen LogP contribution in [-0.4, -0.2) is 58.7 Å². The van der Waals surface area contributed by atoms with Crippen LogP contribution in [0.25, 0.3) is 0 Å². The Hall–Kier alpha value is -2.78. The molecular formula is C26H34N2O7. The number of nitrogens with zero attached hydrogens (tertiary/aromatic N) is 2. The number of hydrogen-bond donors (Lipinski definition) is 0. The third kappa shape index (κ3) is 3.50. The van der Waals surface area contributed by atoms with Gasteiger partial charge in [-0.05, 0) is 66.5 Å². The number of benzene rings is 1. The average Bonchev–Trinajstić information content (AvgIpc) is 3.07. The first-order chi connectivity index (χ1) is 16.1. The van der Waals surface area contributed by atoms with Crippen molar-refractivity contribution in [2.75, 3.05) is 12.0 Å². The van der Waals surface area contributed by atoms with Crippen molar-refractivity contribution in [3.05, 3.63) is 29.8 Å². The Morgan fingerprint density at radius 1 is 1.00 bits per heavy atom. The smallest absolute Gasteiger partial charge is 0.421 e. The first-order valence-electron chi connectivity index (χ1n) is 11.9. The minimum Gasteiger partial charge on any atom is -0.460 e. The van der Waals surface area contributed by atoms with Crippen molar-refractivity contribution >= 4 is 29.4 Å². The summed E-state index contributed by atoms with van der Waals surface area (Å²) < 4.78 is 11.4. The fourth-order valence-corrected chi connectivity index (χ4v) is 6.03. The first-order valence-corrected chi connectivity index (χ1v) is 11.9. The van der Waals surface area contributed by atoms with Crippen LogP contribution in [0, 0.1) is 5.92 Å². The fraction of sp³-hybridized carbons (Fsp3) is 0.615. The second-order valence-corrected chi connectivity index (χ2v) is 11.7. The van der Waals surface area contributed by atoms with Gasteiger partial charge in [-0.1, -0.05) is 18.2 Å². The standard InChI is InChI=1S/C26H34N2O7/c1-23(2,3)34-20(30)18-19-17(29)13-14-25(7,28(19)33-8)26(18)15-11-9-10-12-16(15)27(21(26)31)22(32)35-24(4,5)6/h9-12,18-19H,13-14H2,1-8H3/t18-,19+,25-,26+/m0/s1. The van der Waals surface area contributed by atoms with Crippen molar-refractivity contribution in [2.24, 2.45) is 5.92 Å². The summed E-state index contributed by atoms with van der Waals surface area (Å²) in [5, 5.41) is 1.47. The molecule has 9 heteroatoms. The Balaban J connectivity index is 2.00. The lowest BCUT2D eigenvalue weighted by atomic mass is 9.61. The summed E-state index contributed by atoms with van der Waals surface area (Å²) in [6, 6.07) is 5.82. The van der Waals surface area contributed by atoms with Crippen molar-refractivity contribution in [3.63, 3.8) is 0 Å². The number of esters is 1. The zero-order valence-electron chi connectivity index (χ0n) is 21.6. The molecule has 4 atom stereocenters. The molecule has 2 amide bonds. The molecule has 4 rings (SSSR count). The summed E-state index contributed by atoms with van der Waals surface area (Å²) >= 11 is 0. The van der Waals surface area contributed by atoms with Crippen LogP contribution < -0.4 is 4.90 Å². The third-order valence-electron chi connectivity index (χ3n) is 7.10. The van der Waals surface area contributed by atoms with Crippen LogP contribution in [0.4, 0.5) is 10.5 Å². The molecule has 2 bridgehead atoms. The average molecular weight is 487 g/mol. The molecule has 1 aromatic rings. The zero-order chi connectivity index (χ0) is 26.1. The van der Waals surface area contributed by atoms with E-state index >= 15 is 0 Å². The zero-order valence-corrected chi connectivity index (χ0v) is 21.6. The minimum absolute atomic E-state index is 0.171. The molecule has 1 aromatic carbocycles. The van der Waals surface area contributed by atoms with Gasteiger partial charge in [0, 0.05) is 6.42 Å². The molecule has 0 N–H and O–H groups in total. The maximum absolute atomic E-state index is 14.5. The van der Waals surface area contributed by atoms with Gasteiger partial charge in [0.2, 0.25) is 5.91 Å². The highest BCUT2D eigenvalue weighted by molar-refractivity contribution is 6.24. The molecule has 0 aromatic heterocycles. The highest BCUT2D eigenvalue weighted by Crippen LogP contribution is 2.64. The molecule has 3 aliphatic rings. The highest BCUT2D eigenvalue weighted by atomic mass is 16.7. The number of ketones is 1. The van der Waals surface area contributed by atoms with E-state index in [1.54, 1.807) is 65.8 Å². The number of rotatable bonds is 2. The van der Waals surface area contributed by atoms with E-state index in [1.807, 2.05) is 6.92 Å². The maximum Gasteiger partial charge on any atom is 0.421 e. The van der Waals surface area contributed by atoms with Crippen molar-refractivity contribution in [1.82, 2.24) is 5.06 Å². The van der Waals surface area contributed by atoms with Gasteiger partial charge in [-0.15, -0.1) is 0 Å². The fourth-order valence-electron chi connectivity index (χ4n) is 6.03. The lowest BCUT2D eigenvalue weighted by Crippen LogP contribution is -2.62. The van der Waals surface area contributed by atoms with E-state index in [0.717, 1.165) is 4.90 Å². The van der Waals surface area contributed by atoms with E-state index < -0.39 is 52.1 Å². The number of carbonyl (C=O) groups is 4. The number of piperidine rings is 1. The molecule has 35 heavy (non-hydrogen) atoms. The van der Waals surface area contributed by atoms with E-state index in [-0.39, 0.29) is 18.6 Å². The quantitative estimate of drug-likeness (QED) is 0.585. The van der Waals surface area contributed by atoms with E-state index in [9.17, 15) is 19.2 Å². The van der Waals surface area contributed by atoms with Crippen LogP contribution in [0.15, 0.2) is 24.3 Å². The van der Waals surface area contributed by atoms with E-state index in [0.29, 0.717) is 11.3 Å². The summed E-state index contributed by atoms with van der Waals surface area (Å²) in [6.45, 7) is 12.1. The topological polar surface area (TPSA) is 102 Å². The Morgan fingerprint density at radius 3 is 2.17 bits per heavy atom. The van der Waals surface area contributed by atoms with Crippen LogP contribution >= 0.6 is 0 Å². The second kappa shape index (κ2) is 7.86. The maximum atomic E-state index is 14.5. The van der Waals surface area contributed by atoms with Crippen molar-refractivity contribution in [2.45, 2.75) is 89.5 Å². The Morgan fingerprint density at radius 2 is 1.60 bits per heavy atom. The minimum atomic E-state index is -1.60. The number of imide groups is 1. The van der Waals surface area contributed by atoms with Crippen molar-refractivity contribution in [1.29, 1.82) is 0 Å². The van der Waals surface area contributed by atoms with Crippen LogP contribution in [0.1, 0.15) is 66.9 Å². The molecule has 190 valence electrons. The molecule has 2 fully saturated rings. The van der Waals surface area contributed by atoms with Gasteiger partial charge in [0.1, 0.15) is 28.6 Å². The molecule has 2 saturated heterocycles. The number of Topliss-reactive ketones (excluding diaryl/α,β-unsaturated/α-hetero) is 1. The van der Waals surface area contributed by atoms with E-state index in [4.69, 9.17) is 14.3 Å². The lowest BCUT2D eigenvalue weighted by Gasteiger charge is -2.45. The molecule has 3 aliphatic heterocycles. The second-order valence-electron chi connectivity index (χ2n) is 11.7. The first kappa shape index (κ1) is 25.3. The summed E-state index contributed by atoms with van der Waals surface area (Å²) in [7, 11) is 1.42. The van der Waals surface area contributed by atoms with Gasteiger partial charge >= 0.3 is 12.1 Å². The normalized spacial score (nSPS) is 30.6. The summed E-state index contributed by atoms with van der Waals surface area (Å²) in [6.07, 6.45) is -0.406. The molecule has 9 nitrogen and oxygen atoms in total. The molecule has 0 radical (unpaired) electrons. The van der Waals surface area contributed by atoms with Crippen LogP contribution in [-0.2, 0) is 34.1 Å². The molecular weight excluding hydrogens is 452 g/mol. The Labute approximate surface area is 205 Å². The summed E-state index contributed by atoms with van der Waals surface area (Å²) in [4.78, 5) is 61.7. The highest BCUT2D eigenvalue weighted by Gasteiger charge is 2.79. The molecule has 3 heterocycles. The number of fused-ring (bicyclic) bond motifs is 5. The van der Waals surface area contributed by atoms with Crippen LogP contribution in [0.2, 0.25) is 0 Å². The number of amides is 2. The largest absolute Gasteiger partial charge is 0.460 e. The number of para-hydroxylation sites is 1. The van der Waals surface area contributed by atoms with Crippen molar-refractivity contribution < 1.29 is 33.5 Å². The summed E-state index contributed by atoms with van der Waals surface area (Å²) in [5.74, 6) is -2.73. The Bertz CT molecular complexity index is 1100. The van der Waals surface area contributed by atoms with Crippen molar-refractivity contribution in [3.8, 4) is 0 Å². The molecule has 0 unspecified atom stereocenters. The van der Waals surface area contributed by atoms with Gasteiger partial charge in [0.05, 0.1) is 18.3 Å². The van der Waals surface area contributed by atoms with E-state index in [2.05, 4.69) is 0 Å².